The first-order chi connectivity index (χ1) is 11.8. The van der Waals surface area contributed by atoms with E-state index in [1.807, 2.05) is 53.4 Å². The molecule has 0 heterocycles. The van der Waals surface area contributed by atoms with Gasteiger partial charge in [-0.05, 0) is 36.4 Å². The van der Waals surface area contributed by atoms with Gasteiger partial charge in [0, 0.05) is 65.0 Å². The maximum absolute atomic E-state index is 10.8. The summed E-state index contributed by atoms with van der Waals surface area (Å²) < 4.78 is 0. The lowest BCUT2D eigenvalue weighted by molar-refractivity contribution is 1.01. The van der Waals surface area contributed by atoms with Crippen LogP contribution in [-0.2, 0) is 0 Å². The van der Waals surface area contributed by atoms with E-state index in [1.165, 1.54) is 5.01 Å². The van der Waals surface area contributed by atoms with E-state index in [0.717, 1.165) is 34.1 Å². The summed E-state index contributed by atoms with van der Waals surface area (Å²) in [6.45, 7) is 0. The molecule has 0 aromatic heterocycles. The maximum Gasteiger partial charge on any atom is 0.0855 e. The molecule has 7 nitrogen and oxygen atoms in total. The highest BCUT2D eigenvalue weighted by molar-refractivity contribution is 5.78. The van der Waals surface area contributed by atoms with E-state index >= 15 is 0 Å². The number of benzene rings is 2. The van der Waals surface area contributed by atoms with Crippen molar-refractivity contribution in [3.05, 3.63) is 41.3 Å². The second-order valence-corrected chi connectivity index (χ2v) is 6.24. The number of hydrogen-bond acceptors (Lipinski definition) is 6. The standard InChI is InChI=1S/C18H26N6O/c1-19-17-11-13(7-8-18(17)24(6)21-25)20-14-9-15(22(2)3)12-16(10-14)23(4)5/h7-12,19-20H,1-6H3. The summed E-state index contributed by atoms with van der Waals surface area (Å²) >= 11 is 0. The third kappa shape index (κ3) is 4.32. The summed E-state index contributed by atoms with van der Waals surface area (Å²) in [7, 11) is 11.5. The van der Waals surface area contributed by atoms with E-state index in [4.69, 9.17) is 0 Å². The van der Waals surface area contributed by atoms with Gasteiger partial charge >= 0.3 is 0 Å². The number of anilines is 6. The molecular weight excluding hydrogens is 316 g/mol. The highest BCUT2D eigenvalue weighted by Crippen LogP contribution is 2.32. The second kappa shape index (κ2) is 7.74. The Morgan fingerprint density at radius 3 is 1.92 bits per heavy atom. The van der Waals surface area contributed by atoms with Crippen molar-refractivity contribution in [1.29, 1.82) is 0 Å². The Bertz CT molecular complexity index is 718. The first-order valence-electron chi connectivity index (χ1n) is 8.01. The summed E-state index contributed by atoms with van der Waals surface area (Å²) in [5.41, 5.74) is 5.69. The third-order valence-corrected chi connectivity index (χ3v) is 3.96. The average molecular weight is 342 g/mol. The van der Waals surface area contributed by atoms with Crippen molar-refractivity contribution < 1.29 is 0 Å². The molecule has 7 heteroatoms. The fraction of sp³-hybridized carbons (Fsp3) is 0.333. The average Bonchev–Trinajstić information content (AvgIpc) is 2.60. The zero-order chi connectivity index (χ0) is 18.6. The Labute approximate surface area is 149 Å². The van der Waals surface area contributed by atoms with Crippen LogP contribution in [0.5, 0.6) is 0 Å². The Morgan fingerprint density at radius 2 is 1.44 bits per heavy atom. The van der Waals surface area contributed by atoms with E-state index in [9.17, 15) is 4.91 Å². The lowest BCUT2D eigenvalue weighted by Gasteiger charge is -2.21. The summed E-state index contributed by atoms with van der Waals surface area (Å²) in [5, 5.41) is 10.8. The first-order valence-corrected chi connectivity index (χ1v) is 8.01. The summed E-state index contributed by atoms with van der Waals surface area (Å²) in [4.78, 5) is 14.9. The van der Waals surface area contributed by atoms with Gasteiger partial charge in [0.15, 0.2) is 0 Å². The lowest BCUT2D eigenvalue weighted by atomic mass is 10.2. The van der Waals surface area contributed by atoms with Crippen LogP contribution in [0.4, 0.5) is 34.1 Å². The summed E-state index contributed by atoms with van der Waals surface area (Å²) in [6.07, 6.45) is 0. The van der Waals surface area contributed by atoms with E-state index in [0.29, 0.717) is 0 Å². The number of rotatable bonds is 7. The quantitative estimate of drug-likeness (QED) is 0.591. The molecular formula is C18H26N6O. The number of hydrogen-bond donors (Lipinski definition) is 2. The van der Waals surface area contributed by atoms with Gasteiger partial charge in [0.1, 0.15) is 0 Å². The van der Waals surface area contributed by atoms with E-state index < -0.39 is 0 Å². The van der Waals surface area contributed by atoms with E-state index in [-0.39, 0.29) is 0 Å². The zero-order valence-corrected chi connectivity index (χ0v) is 15.7. The molecule has 0 unspecified atom stereocenters. The van der Waals surface area contributed by atoms with Crippen LogP contribution in [0.3, 0.4) is 0 Å². The van der Waals surface area contributed by atoms with Crippen LogP contribution in [0.2, 0.25) is 0 Å². The SMILES string of the molecule is CNc1cc(Nc2cc(N(C)C)cc(N(C)C)c2)ccc1N(C)N=O. The minimum atomic E-state index is 0.721. The summed E-state index contributed by atoms with van der Waals surface area (Å²) in [6, 6.07) is 12.1. The van der Waals surface area contributed by atoms with Crippen molar-refractivity contribution >= 4 is 34.1 Å². The molecule has 0 bridgehead atoms. The highest BCUT2D eigenvalue weighted by atomic mass is 16.3. The van der Waals surface area contributed by atoms with E-state index in [2.05, 4.69) is 43.9 Å². The maximum atomic E-state index is 10.8. The molecule has 0 fully saturated rings. The van der Waals surface area contributed by atoms with Crippen molar-refractivity contribution in [3.63, 3.8) is 0 Å². The van der Waals surface area contributed by atoms with Gasteiger partial charge in [0.25, 0.3) is 0 Å². The van der Waals surface area contributed by atoms with Crippen LogP contribution in [0.25, 0.3) is 0 Å². The van der Waals surface area contributed by atoms with Crippen LogP contribution in [0.15, 0.2) is 41.7 Å². The molecule has 0 saturated carbocycles. The van der Waals surface area contributed by atoms with Crippen LogP contribution in [0, 0.1) is 4.91 Å². The second-order valence-electron chi connectivity index (χ2n) is 6.24. The smallest absolute Gasteiger partial charge is 0.0855 e. The summed E-state index contributed by atoms with van der Waals surface area (Å²) in [5.74, 6) is 0. The molecule has 0 atom stereocenters. The molecule has 0 radical (unpaired) electrons. The lowest BCUT2D eigenvalue weighted by Crippen LogP contribution is -2.13. The predicted molar refractivity (Wildman–Crippen MR) is 109 cm³/mol. The Morgan fingerprint density at radius 1 is 0.840 bits per heavy atom. The Balaban J connectivity index is 2.37. The van der Waals surface area contributed by atoms with Gasteiger partial charge in [0.2, 0.25) is 0 Å². The van der Waals surface area contributed by atoms with Crippen molar-refractivity contribution in [3.8, 4) is 0 Å². The third-order valence-electron chi connectivity index (χ3n) is 3.96. The predicted octanol–water partition coefficient (Wildman–Crippen LogP) is 3.72. The van der Waals surface area contributed by atoms with Crippen molar-refractivity contribution in [2.45, 2.75) is 0 Å². The molecule has 2 N–H and O–H groups in total. The van der Waals surface area contributed by atoms with Gasteiger partial charge < -0.3 is 20.4 Å². The number of nitrogens with one attached hydrogen (secondary N) is 2. The molecule has 0 aliphatic heterocycles. The molecule has 2 aromatic rings. The topological polar surface area (TPSA) is 63.2 Å². The van der Waals surface area contributed by atoms with Crippen LogP contribution < -0.4 is 25.4 Å². The van der Waals surface area contributed by atoms with Gasteiger partial charge in [0.05, 0.1) is 16.7 Å². The van der Waals surface area contributed by atoms with Gasteiger partial charge in [-0.15, -0.1) is 4.91 Å². The van der Waals surface area contributed by atoms with Crippen LogP contribution in [0.1, 0.15) is 0 Å². The van der Waals surface area contributed by atoms with Crippen molar-refractivity contribution in [1.82, 2.24) is 0 Å². The van der Waals surface area contributed by atoms with Crippen molar-refractivity contribution in [2.75, 3.05) is 67.7 Å². The largest absolute Gasteiger partial charge is 0.386 e. The molecule has 0 spiro atoms. The molecule has 0 amide bonds. The molecule has 134 valence electrons. The first kappa shape index (κ1) is 18.4. The highest BCUT2D eigenvalue weighted by Gasteiger charge is 2.09. The molecule has 2 aromatic carbocycles. The fourth-order valence-corrected chi connectivity index (χ4v) is 2.49. The van der Waals surface area contributed by atoms with Crippen LogP contribution >= 0.6 is 0 Å². The monoisotopic (exact) mass is 342 g/mol. The molecule has 0 saturated heterocycles. The molecule has 2 rings (SSSR count). The minimum absolute atomic E-state index is 0.721. The van der Waals surface area contributed by atoms with Crippen molar-refractivity contribution in [2.24, 2.45) is 5.29 Å². The van der Waals surface area contributed by atoms with Crippen LogP contribution in [-0.4, -0.2) is 42.3 Å². The van der Waals surface area contributed by atoms with E-state index in [1.54, 1.807) is 7.05 Å². The molecule has 0 aliphatic rings. The normalized spacial score (nSPS) is 10.2. The van der Waals surface area contributed by atoms with Gasteiger partial charge in [-0.3, -0.25) is 0 Å². The minimum Gasteiger partial charge on any atom is -0.386 e. The fourth-order valence-electron chi connectivity index (χ4n) is 2.49. The van der Waals surface area contributed by atoms with Gasteiger partial charge in [-0.1, -0.05) is 0 Å². The zero-order valence-electron chi connectivity index (χ0n) is 15.7. The number of nitrogens with zero attached hydrogens (tertiary/aromatic N) is 4. The van der Waals surface area contributed by atoms with Gasteiger partial charge in [-0.25, -0.2) is 5.01 Å². The number of nitroso groups, excluding NO2 is 1. The molecule has 0 aliphatic carbocycles. The molecule has 25 heavy (non-hydrogen) atoms. The Kier molecular flexibility index (Phi) is 5.69. The van der Waals surface area contributed by atoms with Gasteiger partial charge in [-0.2, -0.15) is 0 Å². The Hall–Kier alpha value is -2.96.